The first-order valence-corrected chi connectivity index (χ1v) is 9.13. The maximum atomic E-state index is 13.0. The second kappa shape index (κ2) is 7.02. The number of fused-ring (bicyclic) bond motifs is 1. The number of carbonyl (C=O) groups is 1. The Morgan fingerprint density at radius 2 is 1.83 bits per heavy atom. The molecular formula is C19H18F3N5O2. The summed E-state index contributed by atoms with van der Waals surface area (Å²) in [5.41, 5.74) is -0.464. The van der Waals surface area contributed by atoms with Gasteiger partial charge in [0.15, 0.2) is 0 Å². The number of amides is 1. The van der Waals surface area contributed by atoms with Crippen LogP contribution in [0.2, 0.25) is 0 Å². The number of benzene rings is 1. The number of pyridine rings is 1. The van der Waals surface area contributed by atoms with E-state index in [2.05, 4.69) is 10.1 Å². The molecule has 3 heterocycles. The molecule has 0 spiro atoms. The zero-order chi connectivity index (χ0) is 20.8. The molecule has 4 rings (SSSR count). The fourth-order valence-electron chi connectivity index (χ4n) is 3.69. The molecule has 10 heteroatoms. The minimum atomic E-state index is -4.70. The molecule has 152 valence electrons. The van der Waals surface area contributed by atoms with Crippen molar-refractivity contribution in [3.8, 4) is 0 Å². The molecular weight excluding hydrogens is 387 g/mol. The van der Waals surface area contributed by atoms with E-state index < -0.39 is 23.7 Å². The Labute approximate surface area is 163 Å². The topological polar surface area (TPSA) is 73.0 Å². The van der Waals surface area contributed by atoms with Gasteiger partial charge >= 0.3 is 11.9 Å². The number of aromatic nitrogens is 4. The summed E-state index contributed by atoms with van der Waals surface area (Å²) < 4.78 is 40.4. The van der Waals surface area contributed by atoms with E-state index in [0.29, 0.717) is 36.2 Å². The number of hydrogen-bond donors (Lipinski definition) is 0. The Kier molecular flexibility index (Phi) is 4.64. The molecule has 0 atom stereocenters. The largest absolute Gasteiger partial charge is 0.451 e. The minimum absolute atomic E-state index is 0.232. The Morgan fingerprint density at radius 1 is 1.14 bits per heavy atom. The van der Waals surface area contributed by atoms with Gasteiger partial charge < -0.3 is 4.90 Å². The first-order chi connectivity index (χ1) is 13.8. The predicted molar refractivity (Wildman–Crippen MR) is 98.4 cm³/mol. The van der Waals surface area contributed by atoms with Crippen LogP contribution in [0.25, 0.3) is 10.8 Å². The summed E-state index contributed by atoms with van der Waals surface area (Å²) in [4.78, 5) is 31.0. The van der Waals surface area contributed by atoms with Crippen LogP contribution >= 0.6 is 0 Å². The third kappa shape index (κ3) is 3.39. The van der Waals surface area contributed by atoms with E-state index in [1.807, 2.05) is 30.3 Å². The van der Waals surface area contributed by atoms with Crippen molar-refractivity contribution in [2.75, 3.05) is 13.1 Å². The van der Waals surface area contributed by atoms with Crippen LogP contribution in [0.15, 0.2) is 41.3 Å². The molecule has 0 N–H and O–H groups in total. The average Bonchev–Trinajstić information content (AvgIpc) is 3.02. The van der Waals surface area contributed by atoms with E-state index in [9.17, 15) is 22.8 Å². The van der Waals surface area contributed by atoms with Crippen molar-refractivity contribution < 1.29 is 18.0 Å². The number of likely N-dealkylation sites (tertiary alicyclic amines) is 1. The van der Waals surface area contributed by atoms with Gasteiger partial charge in [-0.05, 0) is 24.3 Å². The lowest BCUT2D eigenvalue weighted by Gasteiger charge is -2.31. The smallest absolute Gasteiger partial charge is 0.337 e. The van der Waals surface area contributed by atoms with Crippen molar-refractivity contribution in [3.63, 3.8) is 0 Å². The minimum Gasteiger partial charge on any atom is -0.337 e. The van der Waals surface area contributed by atoms with Crippen molar-refractivity contribution in [1.82, 2.24) is 24.2 Å². The van der Waals surface area contributed by atoms with Crippen molar-refractivity contribution in [1.29, 1.82) is 0 Å². The van der Waals surface area contributed by atoms with Crippen molar-refractivity contribution >= 4 is 16.7 Å². The van der Waals surface area contributed by atoms with Crippen LogP contribution in [0.5, 0.6) is 0 Å². The Morgan fingerprint density at radius 3 is 2.48 bits per heavy atom. The molecule has 0 bridgehead atoms. The molecule has 1 aliphatic rings. The third-order valence-corrected chi connectivity index (χ3v) is 5.23. The van der Waals surface area contributed by atoms with Crippen LogP contribution in [-0.4, -0.2) is 43.2 Å². The van der Waals surface area contributed by atoms with Crippen LogP contribution in [0.4, 0.5) is 13.2 Å². The highest BCUT2D eigenvalue weighted by molar-refractivity contribution is 6.05. The number of halogens is 3. The molecule has 1 aromatic carbocycles. The number of piperidine rings is 1. The van der Waals surface area contributed by atoms with Gasteiger partial charge in [-0.2, -0.15) is 13.2 Å². The standard InChI is InChI=1S/C19H18F3N5O2/c1-25-17(19(20,21)22)24-27(18(25)29)13-7-10-26(11-8-13)16(28)15-14-5-3-2-4-12(14)6-9-23-15/h2-6,9,13H,7-8,10-11H2,1H3. The summed E-state index contributed by atoms with van der Waals surface area (Å²) in [6.45, 7) is 0.609. The summed E-state index contributed by atoms with van der Waals surface area (Å²) in [5, 5.41) is 5.15. The van der Waals surface area contributed by atoms with E-state index >= 15 is 0 Å². The fraction of sp³-hybridized carbons (Fsp3) is 0.368. The Balaban J connectivity index is 1.53. The average molecular weight is 405 g/mol. The fourth-order valence-corrected chi connectivity index (χ4v) is 3.69. The van der Waals surface area contributed by atoms with Crippen LogP contribution in [-0.2, 0) is 13.2 Å². The van der Waals surface area contributed by atoms with Crippen LogP contribution in [0.1, 0.15) is 35.2 Å². The van der Waals surface area contributed by atoms with Crippen LogP contribution in [0.3, 0.4) is 0 Å². The van der Waals surface area contributed by atoms with Gasteiger partial charge in [0.2, 0.25) is 5.82 Å². The molecule has 3 aromatic rings. The monoisotopic (exact) mass is 405 g/mol. The van der Waals surface area contributed by atoms with Gasteiger partial charge in [-0.1, -0.05) is 24.3 Å². The number of nitrogens with zero attached hydrogens (tertiary/aromatic N) is 5. The van der Waals surface area contributed by atoms with Gasteiger partial charge in [0.1, 0.15) is 5.69 Å². The van der Waals surface area contributed by atoms with Gasteiger partial charge in [0.25, 0.3) is 5.91 Å². The van der Waals surface area contributed by atoms with E-state index in [1.54, 1.807) is 11.1 Å². The quantitative estimate of drug-likeness (QED) is 0.657. The number of alkyl halides is 3. The highest BCUT2D eigenvalue weighted by atomic mass is 19.4. The van der Waals surface area contributed by atoms with Crippen molar-refractivity contribution in [2.24, 2.45) is 7.05 Å². The third-order valence-electron chi connectivity index (χ3n) is 5.23. The van der Waals surface area contributed by atoms with Crippen molar-refractivity contribution in [3.05, 3.63) is 58.5 Å². The zero-order valence-corrected chi connectivity index (χ0v) is 15.6. The molecule has 0 radical (unpaired) electrons. The normalized spacial score (nSPS) is 15.8. The van der Waals surface area contributed by atoms with Crippen LogP contribution in [0, 0.1) is 0 Å². The molecule has 1 saturated heterocycles. The zero-order valence-electron chi connectivity index (χ0n) is 15.6. The van der Waals surface area contributed by atoms with E-state index in [4.69, 9.17) is 0 Å². The van der Waals surface area contributed by atoms with Gasteiger partial charge in [-0.3, -0.25) is 14.3 Å². The highest BCUT2D eigenvalue weighted by Gasteiger charge is 2.39. The predicted octanol–water partition coefficient (Wildman–Crippen LogP) is 2.63. The van der Waals surface area contributed by atoms with Gasteiger partial charge in [0, 0.05) is 31.7 Å². The van der Waals surface area contributed by atoms with Crippen LogP contribution < -0.4 is 5.69 Å². The number of rotatable bonds is 2. The van der Waals surface area contributed by atoms with Crippen molar-refractivity contribution in [2.45, 2.75) is 25.1 Å². The molecule has 0 aliphatic carbocycles. The Bertz CT molecular complexity index is 1120. The Hall–Kier alpha value is -3.17. The molecule has 29 heavy (non-hydrogen) atoms. The molecule has 1 amide bonds. The first kappa shape index (κ1) is 19.2. The lowest BCUT2D eigenvalue weighted by atomic mass is 10.0. The molecule has 1 aliphatic heterocycles. The summed E-state index contributed by atoms with van der Waals surface area (Å²) in [6, 6.07) is 8.76. The lowest BCUT2D eigenvalue weighted by Crippen LogP contribution is -2.41. The van der Waals surface area contributed by atoms with Gasteiger partial charge in [-0.15, -0.1) is 5.10 Å². The van der Waals surface area contributed by atoms with E-state index in [0.717, 1.165) is 22.5 Å². The lowest BCUT2D eigenvalue weighted by molar-refractivity contribution is -0.147. The van der Waals surface area contributed by atoms with E-state index in [-0.39, 0.29) is 5.91 Å². The maximum absolute atomic E-state index is 13.0. The molecule has 0 unspecified atom stereocenters. The number of carbonyl (C=O) groups excluding carboxylic acids is 1. The molecule has 0 saturated carbocycles. The van der Waals surface area contributed by atoms with Gasteiger partial charge in [0.05, 0.1) is 6.04 Å². The second-order valence-corrected chi connectivity index (χ2v) is 7.01. The molecule has 2 aromatic heterocycles. The second-order valence-electron chi connectivity index (χ2n) is 7.01. The SMILES string of the molecule is Cn1c(C(F)(F)F)nn(C2CCN(C(=O)c3nccc4ccccc34)CC2)c1=O. The summed E-state index contributed by atoms with van der Waals surface area (Å²) in [6.07, 6.45) is -2.44. The summed E-state index contributed by atoms with van der Waals surface area (Å²) in [7, 11) is 1.06. The first-order valence-electron chi connectivity index (χ1n) is 9.13. The van der Waals surface area contributed by atoms with E-state index in [1.165, 1.54) is 0 Å². The summed E-state index contributed by atoms with van der Waals surface area (Å²) >= 11 is 0. The molecule has 1 fully saturated rings. The van der Waals surface area contributed by atoms with Gasteiger partial charge in [-0.25, -0.2) is 9.48 Å². The maximum Gasteiger partial charge on any atom is 0.451 e. The number of hydrogen-bond acceptors (Lipinski definition) is 4. The summed E-state index contributed by atoms with van der Waals surface area (Å²) in [5.74, 6) is -1.45. The molecule has 7 nitrogen and oxygen atoms in total. The highest BCUT2D eigenvalue weighted by Crippen LogP contribution is 2.28.